The Bertz CT molecular complexity index is 1040. The molecule has 2 aromatic heterocycles. The predicted octanol–water partition coefficient (Wildman–Crippen LogP) is 0.823. The topological polar surface area (TPSA) is 153 Å². The molecule has 3 aromatic rings. The van der Waals surface area contributed by atoms with Gasteiger partial charge in [-0.05, 0) is 31.5 Å². The number of nitrogen functional groups attached to an aromatic ring is 2. The summed E-state index contributed by atoms with van der Waals surface area (Å²) < 4.78 is 5.18. The molecular weight excluding hydrogens is 348 g/mol. The third-order valence-corrected chi connectivity index (χ3v) is 4.23. The lowest BCUT2D eigenvalue weighted by Crippen LogP contribution is -2.28. The Morgan fingerprint density at radius 1 is 0.889 bits per heavy atom. The second kappa shape index (κ2) is 6.94. The first-order valence-electron chi connectivity index (χ1n) is 8.18. The number of ether oxygens (including phenoxy) is 1. The molecule has 0 fully saturated rings. The summed E-state index contributed by atoms with van der Waals surface area (Å²) in [6.45, 7) is 3.25. The van der Waals surface area contributed by atoms with Crippen LogP contribution in [0.15, 0.2) is 33.9 Å². The fourth-order valence-electron chi connectivity index (χ4n) is 3.07. The smallest absolute Gasteiger partial charge is 0.257 e. The molecule has 9 heteroatoms. The number of methoxy groups -OCH3 is 1. The van der Waals surface area contributed by atoms with Crippen LogP contribution in [0.5, 0.6) is 5.75 Å². The third kappa shape index (κ3) is 3.39. The molecule has 0 spiro atoms. The quantitative estimate of drug-likeness (QED) is 0.532. The summed E-state index contributed by atoms with van der Waals surface area (Å²) in [6.07, 6.45) is 0. The van der Waals surface area contributed by atoms with Gasteiger partial charge in [0.15, 0.2) is 0 Å². The van der Waals surface area contributed by atoms with E-state index in [1.165, 1.54) is 0 Å². The van der Waals surface area contributed by atoms with Gasteiger partial charge in [-0.15, -0.1) is 0 Å². The molecule has 0 atom stereocenters. The number of benzene rings is 1. The maximum atomic E-state index is 12.7. The van der Waals surface area contributed by atoms with E-state index in [-0.39, 0.29) is 22.8 Å². The molecule has 27 heavy (non-hydrogen) atoms. The Balaban J connectivity index is 2.35. The van der Waals surface area contributed by atoms with Crippen LogP contribution < -0.4 is 27.3 Å². The number of hydrogen-bond acceptors (Lipinski definition) is 7. The fraction of sp³-hybridized carbons (Fsp3) is 0.222. The molecule has 0 aliphatic rings. The summed E-state index contributed by atoms with van der Waals surface area (Å²) in [5.41, 5.74) is 12.1. The normalized spacial score (nSPS) is 11.0. The highest BCUT2D eigenvalue weighted by Gasteiger charge is 2.28. The molecule has 140 valence electrons. The van der Waals surface area contributed by atoms with Gasteiger partial charge in [-0.25, -0.2) is 9.97 Å². The minimum absolute atomic E-state index is 0.0245. The molecular formula is C18H20N6O3. The highest BCUT2D eigenvalue weighted by Crippen LogP contribution is 2.33. The Morgan fingerprint density at radius 3 is 1.70 bits per heavy atom. The van der Waals surface area contributed by atoms with E-state index in [4.69, 9.17) is 16.2 Å². The van der Waals surface area contributed by atoms with Crippen LogP contribution in [0.4, 0.5) is 11.6 Å². The van der Waals surface area contributed by atoms with E-state index >= 15 is 0 Å². The van der Waals surface area contributed by atoms with Crippen molar-refractivity contribution in [2.24, 2.45) is 0 Å². The van der Waals surface area contributed by atoms with E-state index < -0.39 is 17.0 Å². The molecule has 0 aliphatic carbocycles. The van der Waals surface area contributed by atoms with Crippen molar-refractivity contribution < 1.29 is 4.74 Å². The molecule has 2 heterocycles. The number of hydrogen-bond donors (Lipinski definition) is 4. The molecule has 9 nitrogen and oxygen atoms in total. The fourth-order valence-corrected chi connectivity index (χ4v) is 3.07. The summed E-state index contributed by atoms with van der Waals surface area (Å²) in [6, 6.07) is 6.92. The van der Waals surface area contributed by atoms with Crippen molar-refractivity contribution in [2.75, 3.05) is 18.6 Å². The zero-order valence-corrected chi connectivity index (χ0v) is 15.2. The van der Waals surface area contributed by atoms with Crippen LogP contribution in [0.1, 0.15) is 34.3 Å². The number of H-pyrrole nitrogens is 2. The number of nitrogens with zero attached hydrogens (tertiary/aromatic N) is 2. The Morgan fingerprint density at radius 2 is 1.33 bits per heavy atom. The monoisotopic (exact) mass is 368 g/mol. The van der Waals surface area contributed by atoms with Gasteiger partial charge in [-0.3, -0.25) is 9.59 Å². The number of aromatic amines is 2. The van der Waals surface area contributed by atoms with Gasteiger partial charge in [0, 0.05) is 0 Å². The van der Waals surface area contributed by atoms with Crippen molar-refractivity contribution >= 4 is 11.6 Å². The summed E-state index contributed by atoms with van der Waals surface area (Å²) in [5.74, 6) is 0.583. The minimum atomic E-state index is -0.843. The molecule has 0 unspecified atom stereocenters. The lowest BCUT2D eigenvalue weighted by atomic mass is 9.86. The third-order valence-electron chi connectivity index (χ3n) is 4.23. The molecule has 6 N–H and O–H groups in total. The Kier molecular flexibility index (Phi) is 4.68. The molecule has 0 saturated carbocycles. The van der Waals surface area contributed by atoms with E-state index in [1.54, 1.807) is 45.2 Å². The molecule has 0 amide bonds. The van der Waals surface area contributed by atoms with E-state index in [1.807, 2.05) is 0 Å². The van der Waals surface area contributed by atoms with Gasteiger partial charge in [0.2, 0.25) is 0 Å². The number of nitrogens with two attached hydrogens (primary N) is 2. The first-order chi connectivity index (χ1) is 12.8. The summed E-state index contributed by atoms with van der Waals surface area (Å²) >= 11 is 0. The van der Waals surface area contributed by atoms with E-state index in [9.17, 15) is 9.59 Å². The van der Waals surface area contributed by atoms with Gasteiger partial charge in [0.1, 0.15) is 29.0 Å². The zero-order chi connectivity index (χ0) is 19.7. The van der Waals surface area contributed by atoms with Gasteiger partial charge in [0.05, 0.1) is 24.2 Å². The Hall–Kier alpha value is -3.62. The van der Waals surface area contributed by atoms with E-state index in [0.29, 0.717) is 23.0 Å². The van der Waals surface area contributed by atoms with Crippen LogP contribution >= 0.6 is 0 Å². The summed E-state index contributed by atoms with van der Waals surface area (Å²) in [7, 11) is 1.55. The lowest BCUT2D eigenvalue weighted by molar-refractivity contribution is 0.414. The minimum Gasteiger partial charge on any atom is -0.497 e. The maximum Gasteiger partial charge on any atom is 0.257 e. The zero-order valence-electron chi connectivity index (χ0n) is 15.2. The lowest BCUT2D eigenvalue weighted by Gasteiger charge is -2.20. The average molecular weight is 368 g/mol. The van der Waals surface area contributed by atoms with Crippen LogP contribution in [0.25, 0.3) is 0 Å². The number of nitrogens with one attached hydrogen (secondary N) is 2. The SMILES string of the molecule is COc1ccc(C(c2c(N)nc(C)[nH]c2=O)c2c(N)nc(C)[nH]c2=O)cc1. The largest absolute Gasteiger partial charge is 0.497 e. The first-order valence-corrected chi connectivity index (χ1v) is 8.18. The van der Waals surface area contributed by atoms with Crippen molar-refractivity contribution in [1.29, 1.82) is 0 Å². The number of aryl methyl sites for hydroxylation is 2. The van der Waals surface area contributed by atoms with E-state index in [0.717, 1.165) is 0 Å². The molecule has 3 rings (SSSR count). The standard InChI is InChI=1S/C18H20N6O3/c1-8-21-15(19)13(17(25)23-8)12(10-4-6-11(27-3)7-5-10)14-16(20)22-9(2)24-18(14)26/h4-7,12H,1-3H3,(H3,19,21,23,25)(H3,20,22,24,26). The van der Waals surface area contributed by atoms with Crippen molar-refractivity contribution in [3.8, 4) is 5.75 Å². The second-order valence-corrected chi connectivity index (χ2v) is 6.11. The van der Waals surface area contributed by atoms with E-state index in [2.05, 4.69) is 19.9 Å². The number of rotatable bonds is 4. The van der Waals surface area contributed by atoms with Crippen LogP contribution in [-0.2, 0) is 0 Å². The maximum absolute atomic E-state index is 12.7. The van der Waals surface area contributed by atoms with Crippen molar-refractivity contribution in [1.82, 2.24) is 19.9 Å². The number of aromatic nitrogens is 4. The van der Waals surface area contributed by atoms with Crippen molar-refractivity contribution in [3.63, 3.8) is 0 Å². The van der Waals surface area contributed by atoms with Gasteiger partial charge in [0.25, 0.3) is 11.1 Å². The summed E-state index contributed by atoms with van der Waals surface area (Å²) in [4.78, 5) is 38.9. The average Bonchev–Trinajstić information content (AvgIpc) is 2.59. The van der Waals surface area contributed by atoms with Crippen LogP contribution in [0, 0.1) is 13.8 Å². The summed E-state index contributed by atoms with van der Waals surface area (Å²) in [5, 5.41) is 0. The highest BCUT2D eigenvalue weighted by molar-refractivity contribution is 5.56. The van der Waals surface area contributed by atoms with Gasteiger partial charge < -0.3 is 26.2 Å². The molecule has 0 aliphatic heterocycles. The predicted molar refractivity (Wildman–Crippen MR) is 102 cm³/mol. The van der Waals surface area contributed by atoms with Gasteiger partial charge >= 0.3 is 0 Å². The molecule has 0 radical (unpaired) electrons. The van der Waals surface area contributed by atoms with Crippen molar-refractivity contribution in [2.45, 2.75) is 19.8 Å². The Labute approximate surface area is 154 Å². The molecule has 0 saturated heterocycles. The molecule has 0 bridgehead atoms. The molecule has 1 aromatic carbocycles. The second-order valence-electron chi connectivity index (χ2n) is 6.11. The van der Waals surface area contributed by atoms with Gasteiger partial charge in [-0.1, -0.05) is 12.1 Å². The van der Waals surface area contributed by atoms with Crippen LogP contribution in [0.2, 0.25) is 0 Å². The van der Waals surface area contributed by atoms with Crippen LogP contribution in [0.3, 0.4) is 0 Å². The highest BCUT2D eigenvalue weighted by atomic mass is 16.5. The van der Waals surface area contributed by atoms with Gasteiger partial charge in [-0.2, -0.15) is 0 Å². The van der Waals surface area contributed by atoms with Crippen LogP contribution in [-0.4, -0.2) is 27.0 Å². The first kappa shape index (κ1) is 18.2. The van der Waals surface area contributed by atoms with Crippen molar-refractivity contribution in [3.05, 3.63) is 73.3 Å². The number of anilines is 2.